The molecule has 7 N–H and O–H groups in total. The second kappa shape index (κ2) is 11.6. The van der Waals surface area contributed by atoms with Crippen molar-refractivity contribution >= 4 is 56.3 Å². The number of nitrogens with two attached hydrogens (primary N) is 3. The minimum atomic E-state index is -1.68. The Morgan fingerprint density at radius 2 is 1.93 bits per heavy atom. The van der Waals surface area contributed by atoms with Gasteiger partial charge >= 0.3 is 0 Å². The predicted octanol–water partition coefficient (Wildman–Crippen LogP) is 3.81. The van der Waals surface area contributed by atoms with Gasteiger partial charge in [-0.05, 0) is 48.7 Å². The molecule has 2 aliphatic rings. The molecule has 0 radical (unpaired) electrons. The van der Waals surface area contributed by atoms with E-state index in [1.807, 2.05) is 30.3 Å². The molecule has 12 heteroatoms. The maximum Gasteiger partial charge on any atom is 0.262 e. The Hall–Kier alpha value is -4.03. The number of carbonyl (C=O) groups excluding carboxylic acids is 3. The Kier molecular flexibility index (Phi) is 7.82. The topological polar surface area (TPSA) is 167 Å². The second-order valence-corrected chi connectivity index (χ2v) is 12.2. The van der Waals surface area contributed by atoms with Gasteiger partial charge in [0.25, 0.3) is 5.91 Å². The van der Waals surface area contributed by atoms with Gasteiger partial charge in [0.05, 0.1) is 27.5 Å². The van der Waals surface area contributed by atoms with Crippen LogP contribution in [-0.2, 0) is 15.1 Å². The lowest BCUT2D eigenvalue weighted by Crippen LogP contribution is -2.53. The van der Waals surface area contributed by atoms with E-state index >= 15 is 0 Å². The summed E-state index contributed by atoms with van der Waals surface area (Å²) in [5.41, 5.74) is 19.8. The predicted molar refractivity (Wildman–Crippen MR) is 166 cm³/mol. The monoisotopic (exact) mass is 618 g/mol. The number of nitrogen functional groups attached to an aromatic ring is 1. The first-order valence-corrected chi connectivity index (χ1v) is 15.4. The number of ether oxygens (including phenoxy) is 1. The first-order chi connectivity index (χ1) is 20.7. The fourth-order valence-corrected chi connectivity index (χ4v) is 7.29. The van der Waals surface area contributed by atoms with Crippen LogP contribution in [0.2, 0.25) is 0 Å². The molecule has 2 aromatic carbocycles. The van der Waals surface area contributed by atoms with Crippen molar-refractivity contribution in [1.29, 1.82) is 0 Å². The number of anilines is 1. The van der Waals surface area contributed by atoms with Crippen molar-refractivity contribution in [3.8, 4) is 11.5 Å². The van der Waals surface area contributed by atoms with E-state index in [4.69, 9.17) is 33.5 Å². The van der Waals surface area contributed by atoms with Crippen molar-refractivity contribution in [2.24, 2.45) is 11.5 Å². The maximum absolute atomic E-state index is 14.0. The molecule has 43 heavy (non-hydrogen) atoms. The van der Waals surface area contributed by atoms with Crippen LogP contribution >= 0.6 is 22.9 Å². The van der Waals surface area contributed by atoms with Crippen molar-refractivity contribution in [3.63, 3.8) is 0 Å². The van der Waals surface area contributed by atoms with Gasteiger partial charge in [-0.15, -0.1) is 22.9 Å². The smallest absolute Gasteiger partial charge is 0.262 e. The molecule has 0 bridgehead atoms. The molecular formula is C31H31ClN6O4S. The highest BCUT2D eigenvalue weighted by molar-refractivity contribution is 7.21. The average molecular weight is 619 g/mol. The number of hydrogen-bond acceptors (Lipinski definition) is 9. The Balaban J connectivity index is 1.34. The van der Waals surface area contributed by atoms with Gasteiger partial charge in [0.2, 0.25) is 5.91 Å². The second-order valence-electron chi connectivity index (χ2n) is 10.8. The fraction of sp³-hybridized carbons (Fsp3) is 0.290. The van der Waals surface area contributed by atoms with E-state index in [1.165, 1.54) is 17.5 Å². The molecule has 10 nitrogen and oxygen atoms in total. The molecular weight excluding hydrogens is 588 g/mol. The van der Waals surface area contributed by atoms with Gasteiger partial charge in [0, 0.05) is 48.1 Å². The van der Waals surface area contributed by atoms with Crippen LogP contribution in [0.4, 0.5) is 5.69 Å². The number of ketones is 1. The minimum absolute atomic E-state index is 0.0384. The van der Waals surface area contributed by atoms with Gasteiger partial charge in [-0.25, -0.2) is 0 Å². The molecule has 1 fully saturated rings. The SMILES string of the molecule is Nc1ccc2c3c(c(C(=O)NC4CCCN(C(=O)CCCl)C4)sc13)C(N)C(=O)C2(N)c1ccc(Oc2ccccc2)cn1. The Morgan fingerprint density at radius 3 is 2.65 bits per heavy atom. The van der Waals surface area contributed by atoms with Crippen LogP contribution in [0, 0.1) is 0 Å². The highest BCUT2D eigenvalue weighted by Gasteiger charge is 2.49. The number of amides is 2. The van der Waals surface area contributed by atoms with Crippen LogP contribution in [0.15, 0.2) is 60.8 Å². The van der Waals surface area contributed by atoms with Crippen molar-refractivity contribution in [3.05, 3.63) is 82.5 Å². The summed E-state index contributed by atoms with van der Waals surface area (Å²) < 4.78 is 6.48. The molecule has 4 aromatic rings. The quantitative estimate of drug-likeness (QED) is 0.179. The number of nitrogens with zero attached hydrogens (tertiary/aromatic N) is 2. The number of aromatic nitrogens is 1. The Bertz CT molecular complexity index is 1710. The zero-order chi connectivity index (χ0) is 30.3. The van der Waals surface area contributed by atoms with E-state index in [1.54, 1.807) is 29.2 Å². The van der Waals surface area contributed by atoms with E-state index < -0.39 is 17.4 Å². The van der Waals surface area contributed by atoms with Gasteiger partial charge in [-0.1, -0.05) is 24.3 Å². The largest absolute Gasteiger partial charge is 0.456 e. The number of thiophene rings is 1. The summed E-state index contributed by atoms with van der Waals surface area (Å²) in [7, 11) is 0. The summed E-state index contributed by atoms with van der Waals surface area (Å²) >= 11 is 6.94. The zero-order valence-corrected chi connectivity index (χ0v) is 24.8. The van der Waals surface area contributed by atoms with Crippen LogP contribution < -0.4 is 27.3 Å². The van der Waals surface area contributed by atoms with Crippen LogP contribution in [0.1, 0.15) is 51.8 Å². The normalized spacial score (nSPS) is 21.6. The third-order valence-corrected chi connectivity index (χ3v) is 9.50. The summed E-state index contributed by atoms with van der Waals surface area (Å²) in [5.74, 6) is 0.478. The molecule has 2 amide bonds. The first kappa shape index (κ1) is 29.1. The van der Waals surface area contributed by atoms with Gasteiger partial charge < -0.3 is 32.2 Å². The molecule has 3 atom stereocenters. The number of piperidine rings is 1. The number of hydrogen-bond donors (Lipinski definition) is 4. The highest BCUT2D eigenvalue weighted by atomic mass is 35.5. The first-order valence-electron chi connectivity index (χ1n) is 14.0. The molecule has 3 unspecified atom stereocenters. The minimum Gasteiger partial charge on any atom is -0.456 e. The average Bonchev–Trinajstić information content (AvgIpc) is 3.43. The fourth-order valence-electron chi connectivity index (χ4n) is 5.92. The van der Waals surface area contributed by atoms with Crippen molar-refractivity contribution in [2.75, 3.05) is 24.7 Å². The van der Waals surface area contributed by atoms with Gasteiger partial charge in [0.1, 0.15) is 17.0 Å². The van der Waals surface area contributed by atoms with Crippen LogP contribution in [0.25, 0.3) is 10.1 Å². The van der Waals surface area contributed by atoms with E-state index in [0.717, 1.165) is 12.8 Å². The number of benzene rings is 2. The van der Waals surface area contributed by atoms with Crippen molar-refractivity contribution in [1.82, 2.24) is 15.2 Å². The molecule has 2 aromatic heterocycles. The molecule has 6 rings (SSSR count). The van der Waals surface area contributed by atoms with Gasteiger partial charge in [-0.2, -0.15) is 0 Å². The third-order valence-electron chi connectivity index (χ3n) is 8.06. The van der Waals surface area contributed by atoms with Crippen molar-refractivity contribution < 1.29 is 19.1 Å². The summed E-state index contributed by atoms with van der Waals surface area (Å²) in [6, 6.07) is 14.6. The molecule has 3 heterocycles. The molecule has 0 spiro atoms. The van der Waals surface area contributed by atoms with Gasteiger partial charge in [0.15, 0.2) is 5.78 Å². The molecule has 0 saturated carbocycles. The lowest BCUT2D eigenvalue weighted by Gasteiger charge is -2.36. The molecule has 1 saturated heterocycles. The number of pyridine rings is 1. The Labute approximate surface area is 257 Å². The number of alkyl halides is 1. The maximum atomic E-state index is 14.0. The number of nitrogens with one attached hydrogen (secondary N) is 1. The van der Waals surface area contributed by atoms with Gasteiger partial charge in [-0.3, -0.25) is 19.4 Å². The van der Waals surface area contributed by atoms with E-state index in [9.17, 15) is 14.4 Å². The highest BCUT2D eigenvalue weighted by Crippen LogP contribution is 2.49. The standard InChI is InChI=1S/C31H31ClN6O4S/c32-13-12-23(39)38-14-4-5-17(16-38)37-30(41)28-25-24-20(9-10-21(33)27(24)43-28)31(35,29(40)26(25)34)22-11-8-19(15-36-22)42-18-6-2-1-3-7-18/h1-3,6-11,15,17,26H,4-5,12-14,16,33-35H2,(H,37,41). The summed E-state index contributed by atoms with van der Waals surface area (Å²) in [6.45, 7) is 1.02. The summed E-state index contributed by atoms with van der Waals surface area (Å²) in [5, 5.41) is 3.65. The van der Waals surface area contributed by atoms with E-state index in [0.29, 0.717) is 62.1 Å². The third kappa shape index (κ3) is 5.12. The van der Waals surface area contributed by atoms with Crippen LogP contribution in [0.5, 0.6) is 11.5 Å². The van der Waals surface area contributed by atoms with E-state index in [-0.39, 0.29) is 30.2 Å². The number of rotatable bonds is 7. The molecule has 1 aliphatic heterocycles. The van der Waals surface area contributed by atoms with Crippen molar-refractivity contribution in [2.45, 2.75) is 36.9 Å². The summed E-state index contributed by atoms with van der Waals surface area (Å²) in [6.07, 6.45) is 3.24. The number of likely N-dealkylation sites (tertiary alicyclic amines) is 1. The lowest BCUT2D eigenvalue weighted by atomic mass is 9.72. The molecule has 1 aliphatic carbocycles. The van der Waals surface area contributed by atoms with Crippen LogP contribution in [-0.4, -0.2) is 52.5 Å². The molecule has 222 valence electrons. The zero-order valence-electron chi connectivity index (χ0n) is 23.2. The van der Waals surface area contributed by atoms with E-state index in [2.05, 4.69) is 10.3 Å². The number of carbonyl (C=O) groups is 3. The lowest BCUT2D eigenvalue weighted by molar-refractivity contribution is -0.132. The number of Topliss-reactive ketones (excluding diaryl/α,β-unsaturated/α-hetero) is 1. The van der Waals surface area contributed by atoms with Crippen LogP contribution in [0.3, 0.4) is 0 Å². The number of para-hydroxylation sites is 1. The Morgan fingerprint density at radius 1 is 1.14 bits per heavy atom. The summed E-state index contributed by atoms with van der Waals surface area (Å²) in [4.78, 5) is 46.7. The number of halogens is 1.